The quantitative estimate of drug-likeness (QED) is 0.745. The Balaban J connectivity index is 1.66. The number of carbonyl (C=O) groups is 1. The predicted molar refractivity (Wildman–Crippen MR) is 88.5 cm³/mol. The Hall–Kier alpha value is -3.22. The third kappa shape index (κ3) is 4.00. The minimum absolute atomic E-state index is 0.185. The van der Waals surface area contributed by atoms with Gasteiger partial charge in [0.25, 0.3) is 5.91 Å². The van der Waals surface area contributed by atoms with Crippen molar-refractivity contribution in [2.75, 3.05) is 6.61 Å². The van der Waals surface area contributed by atoms with E-state index in [1.807, 2.05) is 6.92 Å². The van der Waals surface area contributed by atoms with E-state index in [-0.39, 0.29) is 24.1 Å². The number of nitrogens with one attached hydrogen (secondary N) is 1. The summed E-state index contributed by atoms with van der Waals surface area (Å²) >= 11 is 0. The van der Waals surface area contributed by atoms with Gasteiger partial charge in [-0.05, 0) is 43.3 Å². The second kappa shape index (κ2) is 7.57. The van der Waals surface area contributed by atoms with Crippen LogP contribution in [-0.2, 0) is 6.54 Å². The molecule has 128 valence electrons. The Labute approximate surface area is 143 Å². The van der Waals surface area contributed by atoms with Crippen LogP contribution in [0.3, 0.4) is 0 Å². The number of pyridine rings is 1. The number of nitrogens with zero attached hydrogens (tertiary/aromatic N) is 2. The summed E-state index contributed by atoms with van der Waals surface area (Å²) in [7, 11) is 0. The summed E-state index contributed by atoms with van der Waals surface area (Å²) in [6, 6.07) is 10.9. The van der Waals surface area contributed by atoms with Crippen molar-refractivity contribution in [3.63, 3.8) is 0 Å². The molecule has 0 aliphatic heterocycles. The fraction of sp³-hybridized carbons (Fsp3) is 0.167. The van der Waals surface area contributed by atoms with E-state index in [1.165, 1.54) is 12.1 Å². The van der Waals surface area contributed by atoms with Gasteiger partial charge in [-0.15, -0.1) is 0 Å². The van der Waals surface area contributed by atoms with Crippen molar-refractivity contribution in [3.05, 3.63) is 65.7 Å². The van der Waals surface area contributed by atoms with Crippen LogP contribution in [0.15, 0.2) is 53.2 Å². The number of ether oxygens (including phenoxy) is 1. The van der Waals surface area contributed by atoms with Gasteiger partial charge in [-0.2, -0.15) is 0 Å². The summed E-state index contributed by atoms with van der Waals surface area (Å²) in [4.78, 5) is 16.3. The Morgan fingerprint density at radius 1 is 1.28 bits per heavy atom. The molecular weight excluding hydrogens is 325 g/mol. The number of benzene rings is 1. The van der Waals surface area contributed by atoms with Gasteiger partial charge in [-0.3, -0.25) is 4.79 Å². The van der Waals surface area contributed by atoms with Crippen LogP contribution in [0.2, 0.25) is 0 Å². The number of aromatic nitrogens is 2. The first-order chi connectivity index (χ1) is 12.2. The number of halogens is 1. The lowest BCUT2D eigenvalue weighted by atomic mass is 10.1. The van der Waals surface area contributed by atoms with E-state index in [1.54, 1.807) is 36.5 Å². The zero-order valence-corrected chi connectivity index (χ0v) is 13.5. The lowest BCUT2D eigenvalue weighted by Gasteiger charge is -2.08. The van der Waals surface area contributed by atoms with E-state index >= 15 is 0 Å². The van der Waals surface area contributed by atoms with Crippen molar-refractivity contribution in [3.8, 4) is 17.2 Å². The van der Waals surface area contributed by atoms with E-state index in [0.717, 1.165) is 0 Å². The Kier molecular flexibility index (Phi) is 5.03. The molecule has 2 heterocycles. The molecule has 2 aromatic heterocycles. The fourth-order valence-electron chi connectivity index (χ4n) is 2.23. The van der Waals surface area contributed by atoms with Gasteiger partial charge in [0.2, 0.25) is 5.88 Å². The molecular formula is C18H16FN3O3. The molecule has 0 saturated carbocycles. The van der Waals surface area contributed by atoms with Gasteiger partial charge in [-0.1, -0.05) is 5.16 Å². The van der Waals surface area contributed by atoms with Crippen LogP contribution in [0.4, 0.5) is 4.39 Å². The first-order valence-electron chi connectivity index (χ1n) is 7.75. The van der Waals surface area contributed by atoms with Crippen LogP contribution in [0.5, 0.6) is 5.88 Å². The SMILES string of the molecule is CCOc1ncccc1C(=O)NCc1cc(-c2ccc(F)cc2)on1. The zero-order valence-electron chi connectivity index (χ0n) is 13.5. The van der Waals surface area contributed by atoms with Gasteiger partial charge in [0.15, 0.2) is 5.76 Å². The number of hydrogen-bond donors (Lipinski definition) is 1. The molecule has 0 bridgehead atoms. The summed E-state index contributed by atoms with van der Waals surface area (Å²) < 4.78 is 23.5. The van der Waals surface area contributed by atoms with Gasteiger partial charge >= 0.3 is 0 Å². The molecule has 1 amide bonds. The maximum absolute atomic E-state index is 13.0. The summed E-state index contributed by atoms with van der Waals surface area (Å²) in [5.41, 5.74) is 1.61. The molecule has 3 rings (SSSR count). The van der Waals surface area contributed by atoms with Gasteiger partial charge in [0, 0.05) is 17.8 Å². The van der Waals surface area contributed by atoms with Gasteiger partial charge < -0.3 is 14.6 Å². The topological polar surface area (TPSA) is 77.2 Å². The van der Waals surface area contributed by atoms with Crippen LogP contribution in [0, 0.1) is 5.82 Å². The first kappa shape index (κ1) is 16.6. The highest BCUT2D eigenvalue weighted by atomic mass is 19.1. The number of amides is 1. The van der Waals surface area contributed by atoms with E-state index in [4.69, 9.17) is 9.26 Å². The van der Waals surface area contributed by atoms with Crippen molar-refractivity contribution in [2.45, 2.75) is 13.5 Å². The molecule has 0 fully saturated rings. The van der Waals surface area contributed by atoms with Gasteiger partial charge in [-0.25, -0.2) is 9.37 Å². The number of carbonyl (C=O) groups excluding carboxylic acids is 1. The van der Waals surface area contributed by atoms with Crippen molar-refractivity contribution < 1.29 is 18.4 Å². The smallest absolute Gasteiger partial charge is 0.257 e. The second-order valence-corrected chi connectivity index (χ2v) is 5.16. The van der Waals surface area contributed by atoms with E-state index in [0.29, 0.717) is 29.2 Å². The molecule has 25 heavy (non-hydrogen) atoms. The molecule has 7 heteroatoms. The highest BCUT2D eigenvalue weighted by molar-refractivity contribution is 5.96. The minimum Gasteiger partial charge on any atom is -0.477 e. The summed E-state index contributed by atoms with van der Waals surface area (Å²) in [6.45, 7) is 2.42. The van der Waals surface area contributed by atoms with Gasteiger partial charge in [0.1, 0.15) is 17.1 Å². The molecule has 0 unspecified atom stereocenters. The molecule has 0 atom stereocenters. The Morgan fingerprint density at radius 3 is 2.84 bits per heavy atom. The third-order valence-electron chi connectivity index (χ3n) is 3.41. The highest BCUT2D eigenvalue weighted by Crippen LogP contribution is 2.20. The predicted octanol–water partition coefficient (Wildman–Crippen LogP) is 3.20. The lowest BCUT2D eigenvalue weighted by Crippen LogP contribution is -2.24. The average molecular weight is 341 g/mol. The molecule has 0 aliphatic rings. The van der Waals surface area contributed by atoms with Crippen molar-refractivity contribution in [2.24, 2.45) is 0 Å². The number of rotatable bonds is 6. The lowest BCUT2D eigenvalue weighted by molar-refractivity contribution is 0.0945. The van der Waals surface area contributed by atoms with Crippen molar-refractivity contribution in [1.82, 2.24) is 15.5 Å². The van der Waals surface area contributed by atoms with Gasteiger partial charge in [0.05, 0.1) is 13.2 Å². The van der Waals surface area contributed by atoms with Crippen LogP contribution in [0.25, 0.3) is 11.3 Å². The van der Waals surface area contributed by atoms with E-state index < -0.39 is 0 Å². The monoisotopic (exact) mass is 341 g/mol. The highest BCUT2D eigenvalue weighted by Gasteiger charge is 2.14. The standard InChI is InChI=1S/C18H16FN3O3/c1-2-24-18-15(4-3-9-20-18)17(23)21-11-14-10-16(25-22-14)12-5-7-13(19)8-6-12/h3-10H,2,11H2,1H3,(H,21,23). The third-order valence-corrected chi connectivity index (χ3v) is 3.41. The molecule has 1 N–H and O–H groups in total. The van der Waals surface area contributed by atoms with Crippen LogP contribution in [0.1, 0.15) is 23.0 Å². The largest absolute Gasteiger partial charge is 0.477 e. The van der Waals surface area contributed by atoms with Crippen LogP contribution < -0.4 is 10.1 Å². The molecule has 0 aliphatic carbocycles. The first-order valence-corrected chi connectivity index (χ1v) is 7.75. The number of hydrogen-bond acceptors (Lipinski definition) is 5. The molecule has 0 radical (unpaired) electrons. The molecule has 0 saturated heterocycles. The fourth-order valence-corrected chi connectivity index (χ4v) is 2.23. The second-order valence-electron chi connectivity index (χ2n) is 5.16. The van der Waals surface area contributed by atoms with Crippen molar-refractivity contribution >= 4 is 5.91 Å². The van der Waals surface area contributed by atoms with Crippen molar-refractivity contribution in [1.29, 1.82) is 0 Å². The molecule has 6 nitrogen and oxygen atoms in total. The molecule has 0 spiro atoms. The van der Waals surface area contributed by atoms with E-state index in [9.17, 15) is 9.18 Å². The Morgan fingerprint density at radius 2 is 2.08 bits per heavy atom. The van der Waals surface area contributed by atoms with Crippen LogP contribution in [-0.4, -0.2) is 22.7 Å². The molecule has 3 aromatic rings. The molecule has 1 aromatic carbocycles. The summed E-state index contributed by atoms with van der Waals surface area (Å²) in [5, 5.41) is 6.66. The van der Waals surface area contributed by atoms with Crippen LogP contribution >= 0.6 is 0 Å². The average Bonchev–Trinajstić information content (AvgIpc) is 3.10. The normalized spacial score (nSPS) is 10.5. The summed E-state index contributed by atoms with van der Waals surface area (Å²) in [6.07, 6.45) is 1.56. The van der Waals surface area contributed by atoms with E-state index in [2.05, 4.69) is 15.5 Å². The Bertz CT molecular complexity index is 862. The summed E-state index contributed by atoms with van der Waals surface area (Å²) in [5.74, 6) is 0.149. The maximum atomic E-state index is 13.0. The maximum Gasteiger partial charge on any atom is 0.257 e. The minimum atomic E-state index is -0.322. The zero-order chi connectivity index (χ0) is 17.6.